The highest BCUT2D eigenvalue weighted by molar-refractivity contribution is 6.07. The SMILES string of the molecule is CCC(C)C1NC(=O)C2CCCN2C(=O)C(C(C)C)NC(=O)c2ccccc2NC(=O)C(Cc2ccc(O)cc2)NC(=O)C(C)NC(=O)C(C(C)O)NC1=O. The smallest absolute Gasteiger partial charge is 0.254 e. The number of carbonyl (C=O) groups is 7. The topological polar surface area (TPSA) is 235 Å². The van der Waals surface area contributed by atoms with E-state index >= 15 is 0 Å². The van der Waals surface area contributed by atoms with Gasteiger partial charge in [-0.3, -0.25) is 33.6 Å². The van der Waals surface area contributed by atoms with Crippen LogP contribution in [0.15, 0.2) is 48.5 Å². The van der Waals surface area contributed by atoms with Crippen LogP contribution in [0.1, 0.15) is 76.7 Å². The molecule has 2 aromatic rings. The highest BCUT2D eigenvalue weighted by atomic mass is 16.3. The highest BCUT2D eigenvalue weighted by Crippen LogP contribution is 2.23. The first-order chi connectivity index (χ1) is 26.0. The van der Waals surface area contributed by atoms with E-state index in [-0.39, 0.29) is 30.0 Å². The summed E-state index contributed by atoms with van der Waals surface area (Å²) in [6.45, 7) is 9.95. The van der Waals surface area contributed by atoms with E-state index in [4.69, 9.17) is 0 Å². The van der Waals surface area contributed by atoms with Gasteiger partial charge in [-0.25, -0.2) is 0 Å². The van der Waals surface area contributed by atoms with Crippen LogP contribution in [0.3, 0.4) is 0 Å². The Balaban J connectivity index is 1.77. The molecule has 0 aromatic heterocycles. The molecule has 1 saturated heterocycles. The van der Waals surface area contributed by atoms with Gasteiger partial charge in [0.15, 0.2) is 0 Å². The number of hydrogen-bond acceptors (Lipinski definition) is 9. The zero-order valence-corrected chi connectivity index (χ0v) is 32.0. The molecule has 0 spiro atoms. The molecule has 2 aliphatic heterocycles. The number of aliphatic hydroxyl groups excluding tert-OH is 1. The molecule has 7 amide bonds. The van der Waals surface area contributed by atoms with Gasteiger partial charge in [0, 0.05) is 13.0 Å². The molecule has 0 radical (unpaired) electrons. The summed E-state index contributed by atoms with van der Waals surface area (Å²) in [6.07, 6.45) is -0.210. The van der Waals surface area contributed by atoms with E-state index in [1.54, 1.807) is 45.0 Å². The van der Waals surface area contributed by atoms with Crippen molar-refractivity contribution >= 4 is 47.0 Å². The molecule has 8 N–H and O–H groups in total. The van der Waals surface area contributed by atoms with Gasteiger partial charge in [0.1, 0.15) is 42.0 Å². The van der Waals surface area contributed by atoms with Crippen LogP contribution < -0.4 is 31.9 Å². The molecule has 4 rings (SSSR count). The van der Waals surface area contributed by atoms with Gasteiger partial charge in [0.05, 0.1) is 17.4 Å². The van der Waals surface area contributed by atoms with Crippen LogP contribution in [0.2, 0.25) is 0 Å². The number of rotatable bonds is 6. The Bertz CT molecular complexity index is 1750. The van der Waals surface area contributed by atoms with Gasteiger partial charge in [-0.05, 0) is 68.4 Å². The average molecular weight is 764 g/mol. The second-order valence-corrected chi connectivity index (χ2v) is 14.7. The van der Waals surface area contributed by atoms with Crippen LogP contribution in [0.5, 0.6) is 5.75 Å². The van der Waals surface area contributed by atoms with E-state index in [0.717, 1.165) is 0 Å². The predicted molar refractivity (Wildman–Crippen MR) is 202 cm³/mol. The zero-order chi connectivity index (χ0) is 40.6. The van der Waals surface area contributed by atoms with Crippen LogP contribution >= 0.6 is 0 Å². The number of nitrogens with zero attached hydrogens (tertiary/aromatic N) is 1. The summed E-state index contributed by atoms with van der Waals surface area (Å²) in [6, 6.07) is 4.93. The lowest BCUT2D eigenvalue weighted by Crippen LogP contribution is -2.62. The third-order valence-electron chi connectivity index (χ3n) is 10.1. The fourth-order valence-electron chi connectivity index (χ4n) is 6.57. The third kappa shape index (κ3) is 10.6. The molecular weight excluding hydrogens is 710 g/mol. The molecule has 2 aromatic carbocycles. The van der Waals surface area contributed by atoms with Crippen molar-refractivity contribution in [3.8, 4) is 5.75 Å². The van der Waals surface area contributed by atoms with E-state index in [1.807, 2.05) is 6.92 Å². The maximum atomic E-state index is 14.1. The van der Waals surface area contributed by atoms with Gasteiger partial charge in [0.25, 0.3) is 5.91 Å². The number of nitrogens with one attached hydrogen (secondary N) is 6. The zero-order valence-electron chi connectivity index (χ0n) is 32.0. The minimum Gasteiger partial charge on any atom is -0.508 e. The molecule has 298 valence electrons. The van der Waals surface area contributed by atoms with Crippen molar-refractivity contribution in [3.05, 3.63) is 59.7 Å². The van der Waals surface area contributed by atoms with Crippen LogP contribution in [0.4, 0.5) is 5.69 Å². The number of phenols is 1. The summed E-state index contributed by atoms with van der Waals surface area (Å²) in [5, 5.41) is 36.3. The first-order valence-corrected chi connectivity index (χ1v) is 18.7. The van der Waals surface area contributed by atoms with Crippen molar-refractivity contribution in [2.24, 2.45) is 11.8 Å². The number of aromatic hydroxyl groups is 1. The van der Waals surface area contributed by atoms with Crippen LogP contribution in [-0.2, 0) is 35.2 Å². The fraction of sp³-hybridized carbons (Fsp3) is 0.513. The van der Waals surface area contributed by atoms with Crippen molar-refractivity contribution in [3.63, 3.8) is 0 Å². The van der Waals surface area contributed by atoms with Gasteiger partial charge < -0.3 is 47.0 Å². The molecule has 0 bridgehead atoms. The lowest BCUT2D eigenvalue weighted by Gasteiger charge is -2.33. The highest BCUT2D eigenvalue weighted by Gasteiger charge is 2.41. The number of amides is 7. The largest absolute Gasteiger partial charge is 0.508 e. The predicted octanol–water partition coefficient (Wildman–Crippen LogP) is 0.718. The maximum absolute atomic E-state index is 14.1. The molecule has 1 fully saturated rings. The van der Waals surface area contributed by atoms with Gasteiger partial charge in [-0.2, -0.15) is 0 Å². The number of hydrogen-bond donors (Lipinski definition) is 8. The number of carbonyl (C=O) groups excluding carboxylic acids is 7. The summed E-state index contributed by atoms with van der Waals surface area (Å²) < 4.78 is 0. The molecule has 16 nitrogen and oxygen atoms in total. The molecule has 8 unspecified atom stereocenters. The number of para-hydroxylation sites is 1. The maximum Gasteiger partial charge on any atom is 0.254 e. The molecule has 8 atom stereocenters. The number of fused-ring (bicyclic) bond motifs is 2. The monoisotopic (exact) mass is 763 g/mol. The lowest BCUT2D eigenvalue weighted by molar-refractivity contribution is -0.142. The van der Waals surface area contributed by atoms with Crippen LogP contribution in [0.25, 0.3) is 0 Å². The second-order valence-electron chi connectivity index (χ2n) is 14.7. The first-order valence-electron chi connectivity index (χ1n) is 18.7. The van der Waals surface area contributed by atoms with Crippen molar-refractivity contribution in [2.75, 3.05) is 11.9 Å². The molecule has 55 heavy (non-hydrogen) atoms. The Morgan fingerprint density at radius 1 is 0.745 bits per heavy atom. The first kappa shape index (κ1) is 42.2. The normalized spacial score (nSPS) is 26.1. The molecule has 0 saturated carbocycles. The standard InChI is InChI=1S/C39H53N7O9/c1-7-21(4)31-37(53)45-32(23(6)47)38(54)40-22(5)33(49)42-28(19-24-14-16-25(48)17-15-24)35(51)41-27-12-9-8-11-26(27)34(50)43-30(20(2)3)39(55)46-18-10-13-29(46)36(52)44-31/h8-9,11-12,14-17,20-23,28-32,47-48H,7,10,13,18-19H2,1-6H3,(H,40,54)(H,41,51)(H,42,49)(H,43,50)(H,44,52)(H,45,53). The number of aliphatic hydroxyl groups is 1. The molecule has 0 aliphatic carbocycles. The van der Waals surface area contributed by atoms with E-state index in [9.17, 15) is 43.8 Å². The van der Waals surface area contributed by atoms with E-state index in [0.29, 0.717) is 24.8 Å². The van der Waals surface area contributed by atoms with Crippen LogP contribution in [-0.4, -0.2) is 105 Å². The van der Waals surface area contributed by atoms with Crippen molar-refractivity contribution < 1.29 is 43.8 Å². The van der Waals surface area contributed by atoms with Crippen LogP contribution in [0, 0.1) is 11.8 Å². The second kappa shape index (κ2) is 18.7. The van der Waals surface area contributed by atoms with E-state index in [2.05, 4.69) is 31.9 Å². The van der Waals surface area contributed by atoms with E-state index < -0.39 is 95.5 Å². The minimum atomic E-state index is -1.53. The summed E-state index contributed by atoms with van der Waals surface area (Å²) in [5.74, 6) is -5.73. The summed E-state index contributed by atoms with van der Waals surface area (Å²) in [5.41, 5.74) is 0.702. The third-order valence-corrected chi connectivity index (χ3v) is 10.1. The Hall–Kier alpha value is -5.51. The van der Waals surface area contributed by atoms with Gasteiger partial charge >= 0.3 is 0 Å². The Morgan fingerprint density at radius 3 is 2.02 bits per heavy atom. The van der Waals surface area contributed by atoms with Gasteiger partial charge in [-0.1, -0.05) is 58.4 Å². The Labute approximate surface area is 320 Å². The quantitative estimate of drug-likeness (QED) is 0.207. The number of benzene rings is 2. The van der Waals surface area contributed by atoms with Gasteiger partial charge in [0.2, 0.25) is 35.4 Å². The summed E-state index contributed by atoms with van der Waals surface area (Å²) in [7, 11) is 0. The van der Waals surface area contributed by atoms with Gasteiger partial charge in [-0.15, -0.1) is 0 Å². The van der Waals surface area contributed by atoms with Crippen molar-refractivity contribution in [1.82, 2.24) is 31.5 Å². The fourth-order valence-corrected chi connectivity index (χ4v) is 6.57. The average Bonchev–Trinajstić information content (AvgIpc) is 3.64. The number of anilines is 1. The molecule has 2 heterocycles. The minimum absolute atomic E-state index is 0.00732. The van der Waals surface area contributed by atoms with Crippen molar-refractivity contribution in [2.45, 2.75) is 110 Å². The van der Waals surface area contributed by atoms with E-state index in [1.165, 1.54) is 43.0 Å². The molecular formula is C39H53N7O9. The van der Waals surface area contributed by atoms with Crippen molar-refractivity contribution in [1.29, 1.82) is 0 Å². The molecule has 2 aliphatic rings. The lowest BCUT2D eigenvalue weighted by atomic mass is 9.96. The molecule has 16 heteroatoms. The summed E-state index contributed by atoms with van der Waals surface area (Å²) in [4.78, 5) is 97.9. The summed E-state index contributed by atoms with van der Waals surface area (Å²) >= 11 is 0. The number of phenolic OH excluding ortho intramolecular Hbond substituents is 1. The Kier molecular flexibility index (Phi) is 14.4. The Morgan fingerprint density at radius 2 is 1.38 bits per heavy atom.